The zero-order valence-corrected chi connectivity index (χ0v) is 9.53. The summed E-state index contributed by atoms with van der Waals surface area (Å²) in [6.07, 6.45) is 5.62. The summed E-state index contributed by atoms with van der Waals surface area (Å²) < 4.78 is 5.28. The van der Waals surface area contributed by atoms with Crippen molar-refractivity contribution in [3.63, 3.8) is 0 Å². The molecule has 1 spiro atoms. The highest BCUT2D eigenvalue weighted by atomic mass is 16.5. The summed E-state index contributed by atoms with van der Waals surface area (Å²) in [5.74, 6) is 1.15. The number of fused-ring (bicyclic) bond motifs is 2. The molecule has 2 unspecified atom stereocenters. The lowest BCUT2D eigenvalue weighted by molar-refractivity contribution is -0.116. The Kier molecular flexibility index (Phi) is 2.06. The fourth-order valence-corrected chi connectivity index (χ4v) is 3.36. The summed E-state index contributed by atoms with van der Waals surface area (Å²) in [7, 11) is 1.70. The lowest BCUT2D eigenvalue weighted by atomic mass is 9.58. The number of carbonyl (C=O) groups excluding carboxylic acids is 1. The van der Waals surface area contributed by atoms with E-state index in [1.54, 1.807) is 7.11 Å². The molecule has 2 aliphatic carbocycles. The van der Waals surface area contributed by atoms with Crippen LogP contribution in [0.3, 0.4) is 0 Å². The van der Waals surface area contributed by atoms with Crippen molar-refractivity contribution in [2.45, 2.75) is 31.1 Å². The molecule has 0 heterocycles. The molecule has 0 saturated heterocycles. The number of aldehydes is 1. The Morgan fingerprint density at radius 3 is 2.94 bits per heavy atom. The van der Waals surface area contributed by atoms with Crippen LogP contribution >= 0.6 is 0 Å². The first-order valence-electron chi connectivity index (χ1n) is 5.93. The van der Waals surface area contributed by atoms with Crippen molar-refractivity contribution in [2.75, 3.05) is 7.11 Å². The molecule has 16 heavy (non-hydrogen) atoms. The molecule has 0 amide bonds. The molecule has 0 aliphatic heterocycles. The molecule has 2 atom stereocenters. The second-order valence-electron chi connectivity index (χ2n) is 4.96. The maximum Gasteiger partial charge on any atom is 0.123 e. The second-order valence-corrected chi connectivity index (χ2v) is 4.96. The molecule has 84 valence electrons. The number of aryl methyl sites for hydroxylation is 1. The molecule has 0 radical (unpaired) electrons. The van der Waals surface area contributed by atoms with Gasteiger partial charge in [-0.15, -0.1) is 0 Å². The molecule has 0 N–H and O–H groups in total. The maximum atomic E-state index is 11.1. The predicted molar refractivity (Wildman–Crippen MR) is 61.8 cm³/mol. The van der Waals surface area contributed by atoms with Gasteiger partial charge in [-0.3, -0.25) is 0 Å². The van der Waals surface area contributed by atoms with Gasteiger partial charge in [0, 0.05) is 11.3 Å². The zero-order valence-electron chi connectivity index (χ0n) is 9.53. The van der Waals surface area contributed by atoms with Crippen LogP contribution < -0.4 is 4.74 Å². The van der Waals surface area contributed by atoms with Gasteiger partial charge in [-0.1, -0.05) is 6.07 Å². The highest BCUT2D eigenvalue weighted by molar-refractivity contribution is 5.62. The monoisotopic (exact) mass is 216 g/mol. The summed E-state index contributed by atoms with van der Waals surface area (Å²) >= 11 is 0. The van der Waals surface area contributed by atoms with Gasteiger partial charge in [0.25, 0.3) is 0 Å². The van der Waals surface area contributed by atoms with E-state index >= 15 is 0 Å². The number of benzene rings is 1. The standard InChI is InChI=1S/C14H16O2/c1-16-12-3-2-10-4-6-14(13(10)8-12)7-5-11(14)9-15/h2-3,8-9,11H,4-7H2,1H3. The van der Waals surface area contributed by atoms with Crippen LogP contribution in [0, 0.1) is 5.92 Å². The van der Waals surface area contributed by atoms with Gasteiger partial charge in [-0.05, 0) is 48.9 Å². The summed E-state index contributed by atoms with van der Waals surface area (Å²) in [6.45, 7) is 0. The van der Waals surface area contributed by atoms with E-state index in [0.717, 1.165) is 37.7 Å². The van der Waals surface area contributed by atoms with Crippen LogP contribution in [0.15, 0.2) is 18.2 Å². The van der Waals surface area contributed by atoms with Crippen LogP contribution in [-0.2, 0) is 16.6 Å². The zero-order chi connectivity index (χ0) is 11.2. The third-order valence-electron chi connectivity index (χ3n) is 4.47. The number of hydrogen-bond donors (Lipinski definition) is 0. The molecule has 3 rings (SSSR count). The minimum atomic E-state index is 0.158. The number of carbonyl (C=O) groups is 1. The van der Waals surface area contributed by atoms with E-state index in [-0.39, 0.29) is 11.3 Å². The Labute approximate surface area is 95.6 Å². The van der Waals surface area contributed by atoms with Crippen LogP contribution in [0.5, 0.6) is 5.75 Å². The molecular weight excluding hydrogens is 200 g/mol. The Hall–Kier alpha value is -1.31. The van der Waals surface area contributed by atoms with Crippen molar-refractivity contribution in [1.29, 1.82) is 0 Å². The van der Waals surface area contributed by atoms with Gasteiger partial charge >= 0.3 is 0 Å². The van der Waals surface area contributed by atoms with Crippen molar-refractivity contribution < 1.29 is 9.53 Å². The third-order valence-corrected chi connectivity index (χ3v) is 4.47. The molecule has 1 aromatic carbocycles. The van der Waals surface area contributed by atoms with E-state index in [4.69, 9.17) is 4.74 Å². The summed E-state index contributed by atoms with van der Waals surface area (Å²) in [5, 5.41) is 0. The summed E-state index contributed by atoms with van der Waals surface area (Å²) in [6, 6.07) is 6.31. The lowest BCUT2D eigenvalue weighted by Gasteiger charge is -2.45. The molecule has 0 aromatic heterocycles. The van der Waals surface area contributed by atoms with E-state index in [1.807, 2.05) is 6.07 Å². The number of rotatable bonds is 2. The first kappa shape index (κ1) is 9.88. The minimum absolute atomic E-state index is 0.158. The molecule has 2 aliphatic rings. The molecule has 2 nitrogen and oxygen atoms in total. The van der Waals surface area contributed by atoms with Gasteiger partial charge in [0.15, 0.2) is 0 Å². The van der Waals surface area contributed by atoms with Gasteiger partial charge in [-0.2, -0.15) is 0 Å². The molecule has 1 fully saturated rings. The van der Waals surface area contributed by atoms with Crippen LogP contribution in [-0.4, -0.2) is 13.4 Å². The Morgan fingerprint density at radius 1 is 1.44 bits per heavy atom. The van der Waals surface area contributed by atoms with Gasteiger partial charge < -0.3 is 9.53 Å². The average Bonchev–Trinajstić information content (AvgIpc) is 2.68. The summed E-state index contributed by atoms with van der Waals surface area (Å²) in [5.41, 5.74) is 2.94. The number of methoxy groups -OCH3 is 1. The van der Waals surface area contributed by atoms with Crippen LogP contribution in [0.1, 0.15) is 30.4 Å². The molecule has 1 aromatic rings. The van der Waals surface area contributed by atoms with Gasteiger partial charge in [0.05, 0.1) is 7.11 Å². The first-order valence-corrected chi connectivity index (χ1v) is 5.93. The fourth-order valence-electron chi connectivity index (χ4n) is 3.36. The van der Waals surface area contributed by atoms with Crippen molar-refractivity contribution >= 4 is 6.29 Å². The average molecular weight is 216 g/mol. The van der Waals surface area contributed by atoms with E-state index in [1.165, 1.54) is 11.1 Å². The molecular formula is C14H16O2. The maximum absolute atomic E-state index is 11.1. The third kappa shape index (κ3) is 1.10. The minimum Gasteiger partial charge on any atom is -0.497 e. The van der Waals surface area contributed by atoms with E-state index in [2.05, 4.69) is 12.1 Å². The predicted octanol–water partition coefficient (Wildman–Crippen LogP) is 2.49. The molecule has 2 heteroatoms. The smallest absolute Gasteiger partial charge is 0.123 e. The summed E-state index contributed by atoms with van der Waals surface area (Å²) in [4.78, 5) is 11.1. The van der Waals surface area contributed by atoms with Crippen molar-refractivity contribution in [2.24, 2.45) is 5.92 Å². The van der Waals surface area contributed by atoms with Crippen molar-refractivity contribution in [3.8, 4) is 5.75 Å². The van der Waals surface area contributed by atoms with Crippen LogP contribution in [0.2, 0.25) is 0 Å². The van der Waals surface area contributed by atoms with Crippen LogP contribution in [0.4, 0.5) is 0 Å². The Balaban J connectivity index is 2.07. The van der Waals surface area contributed by atoms with Gasteiger partial charge in [0.1, 0.15) is 12.0 Å². The van der Waals surface area contributed by atoms with Crippen LogP contribution in [0.25, 0.3) is 0 Å². The highest BCUT2D eigenvalue weighted by Gasteiger charge is 2.51. The van der Waals surface area contributed by atoms with E-state index in [0.29, 0.717) is 0 Å². The van der Waals surface area contributed by atoms with Gasteiger partial charge in [0.2, 0.25) is 0 Å². The van der Waals surface area contributed by atoms with E-state index < -0.39 is 0 Å². The van der Waals surface area contributed by atoms with Gasteiger partial charge in [-0.25, -0.2) is 0 Å². The topological polar surface area (TPSA) is 26.3 Å². The van der Waals surface area contributed by atoms with Crippen molar-refractivity contribution in [1.82, 2.24) is 0 Å². The Bertz CT molecular complexity index is 438. The second kappa shape index (κ2) is 3.34. The SMILES string of the molecule is COc1ccc2c(c1)C1(CC2)CCC1C=O. The quantitative estimate of drug-likeness (QED) is 0.710. The Morgan fingerprint density at radius 2 is 2.31 bits per heavy atom. The normalized spacial score (nSPS) is 30.9. The fraction of sp³-hybridized carbons (Fsp3) is 0.500. The first-order chi connectivity index (χ1) is 7.80. The number of ether oxygens (including phenoxy) is 1. The molecule has 1 saturated carbocycles. The number of hydrogen-bond acceptors (Lipinski definition) is 2. The lowest BCUT2D eigenvalue weighted by Crippen LogP contribution is -2.43. The molecule has 0 bridgehead atoms. The van der Waals surface area contributed by atoms with E-state index in [9.17, 15) is 4.79 Å². The largest absolute Gasteiger partial charge is 0.497 e. The highest BCUT2D eigenvalue weighted by Crippen LogP contribution is 2.56. The van der Waals surface area contributed by atoms with Crippen molar-refractivity contribution in [3.05, 3.63) is 29.3 Å².